The maximum absolute atomic E-state index is 12.1. The standard InChI is InChI=1S/C10H17N3O3S2/c14-6-9-2-1-3-13(5-9)18(15,16)12-4-10-7-17-8-11-10/h7-9,12,14H,1-6H2. The molecule has 1 saturated heterocycles. The predicted molar refractivity (Wildman–Crippen MR) is 69.3 cm³/mol. The molecule has 102 valence electrons. The molecule has 1 unspecified atom stereocenters. The lowest BCUT2D eigenvalue weighted by Crippen LogP contribution is -2.46. The van der Waals surface area contributed by atoms with Gasteiger partial charge < -0.3 is 5.11 Å². The van der Waals surface area contributed by atoms with E-state index in [2.05, 4.69) is 9.71 Å². The maximum Gasteiger partial charge on any atom is 0.279 e. The molecule has 2 N–H and O–H groups in total. The molecule has 1 fully saturated rings. The van der Waals surface area contributed by atoms with Gasteiger partial charge in [-0.25, -0.2) is 4.98 Å². The van der Waals surface area contributed by atoms with Crippen LogP contribution >= 0.6 is 11.3 Å². The summed E-state index contributed by atoms with van der Waals surface area (Å²) in [6, 6.07) is 0. The Hall–Kier alpha value is -0.540. The smallest absolute Gasteiger partial charge is 0.279 e. The molecule has 6 nitrogen and oxygen atoms in total. The van der Waals surface area contributed by atoms with E-state index in [4.69, 9.17) is 5.11 Å². The van der Waals surface area contributed by atoms with E-state index in [1.807, 2.05) is 5.38 Å². The lowest BCUT2D eigenvalue weighted by atomic mass is 10.0. The van der Waals surface area contributed by atoms with Crippen molar-refractivity contribution >= 4 is 21.5 Å². The molecule has 0 saturated carbocycles. The van der Waals surface area contributed by atoms with Crippen LogP contribution in [-0.4, -0.2) is 42.5 Å². The van der Waals surface area contributed by atoms with E-state index >= 15 is 0 Å². The highest BCUT2D eigenvalue weighted by molar-refractivity contribution is 7.87. The number of thiazole rings is 1. The third kappa shape index (κ3) is 3.48. The van der Waals surface area contributed by atoms with Crippen LogP contribution in [0.4, 0.5) is 0 Å². The van der Waals surface area contributed by atoms with Gasteiger partial charge in [0.05, 0.1) is 17.7 Å². The molecule has 1 atom stereocenters. The fraction of sp³-hybridized carbons (Fsp3) is 0.700. The second-order valence-electron chi connectivity index (χ2n) is 4.35. The molecular weight excluding hydrogens is 274 g/mol. The van der Waals surface area contributed by atoms with Gasteiger partial charge in [0.1, 0.15) is 0 Å². The van der Waals surface area contributed by atoms with Crippen LogP contribution < -0.4 is 4.72 Å². The van der Waals surface area contributed by atoms with E-state index in [9.17, 15) is 8.42 Å². The highest BCUT2D eigenvalue weighted by Gasteiger charge is 2.28. The molecule has 0 aliphatic carbocycles. The Bertz CT molecular complexity index is 461. The SMILES string of the molecule is O=S(=O)(NCc1cscn1)N1CCCC(CO)C1. The number of nitrogens with zero attached hydrogens (tertiary/aromatic N) is 2. The number of hydrogen-bond acceptors (Lipinski definition) is 5. The first-order chi connectivity index (χ1) is 8.62. The van der Waals surface area contributed by atoms with Crippen LogP contribution in [0.25, 0.3) is 0 Å². The average Bonchev–Trinajstić information content (AvgIpc) is 2.90. The van der Waals surface area contributed by atoms with Gasteiger partial charge in [-0.1, -0.05) is 0 Å². The van der Waals surface area contributed by atoms with Crippen LogP contribution in [0.3, 0.4) is 0 Å². The van der Waals surface area contributed by atoms with Gasteiger partial charge in [-0.3, -0.25) is 0 Å². The zero-order valence-corrected chi connectivity index (χ0v) is 11.6. The summed E-state index contributed by atoms with van der Waals surface area (Å²) in [6.45, 7) is 1.16. The van der Waals surface area contributed by atoms with Gasteiger partial charge in [0.2, 0.25) is 0 Å². The zero-order valence-electron chi connectivity index (χ0n) is 9.95. The summed E-state index contributed by atoms with van der Waals surface area (Å²) < 4.78 is 28.0. The summed E-state index contributed by atoms with van der Waals surface area (Å²) >= 11 is 1.44. The molecule has 0 aromatic carbocycles. The van der Waals surface area contributed by atoms with Gasteiger partial charge in [-0.2, -0.15) is 17.4 Å². The van der Waals surface area contributed by atoms with Crippen molar-refractivity contribution in [2.24, 2.45) is 5.92 Å². The van der Waals surface area contributed by atoms with Crippen molar-refractivity contribution in [2.45, 2.75) is 19.4 Å². The molecule has 2 rings (SSSR count). The topological polar surface area (TPSA) is 82.5 Å². The first-order valence-corrected chi connectivity index (χ1v) is 8.23. The third-order valence-corrected chi connectivity index (χ3v) is 5.15. The Labute approximate surface area is 111 Å². The molecule has 0 spiro atoms. The summed E-state index contributed by atoms with van der Waals surface area (Å²) in [4.78, 5) is 4.03. The van der Waals surface area contributed by atoms with E-state index in [1.54, 1.807) is 5.51 Å². The number of nitrogens with one attached hydrogen (secondary N) is 1. The van der Waals surface area contributed by atoms with Crippen molar-refractivity contribution < 1.29 is 13.5 Å². The van der Waals surface area contributed by atoms with Gasteiger partial charge in [0, 0.05) is 25.1 Å². The Kier molecular flexibility index (Phi) is 4.68. The largest absolute Gasteiger partial charge is 0.396 e. The minimum Gasteiger partial charge on any atom is -0.396 e. The van der Waals surface area contributed by atoms with Crippen LogP contribution in [0.15, 0.2) is 10.9 Å². The van der Waals surface area contributed by atoms with Gasteiger partial charge >= 0.3 is 0 Å². The van der Waals surface area contributed by atoms with Crippen molar-refractivity contribution in [3.05, 3.63) is 16.6 Å². The number of hydrogen-bond donors (Lipinski definition) is 2. The van der Waals surface area contributed by atoms with Crippen LogP contribution in [0.5, 0.6) is 0 Å². The molecule has 0 radical (unpaired) electrons. The highest BCUT2D eigenvalue weighted by Crippen LogP contribution is 2.18. The first-order valence-electron chi connectivity index (χ1n) is 5.84. The molecule has 1 aromatic rings. The van der Waals surface area contributed by atoms with Crippen LogP contribution in [0.2, 0.25) is 0 Å². The summed E-state index contributed by atoms with van der Waals surface area (Å²) in [6.07, 6.45) is 1.68. The summed E-state index contributed by atoms with van der Waals surface area (Å²) in [5.41, 5.74) is 2.39. The van der Waals surface area contributed by atoms with Crippen LogP contribution in [0.1, 0.15) is 18.5 Å². The molecule has 1 aromatic heterocycles. The van der Waals surface area contributed by atoms with E-state index < -0.39 is 10.2 Å². The van der Waals surface area contributed by atoms with Crippen molar-refractivity contribution in [1.82, 2.24) is 14.0 Å². The number of rotatable bonds is 5. The molecule has 2 heterocycles. The van der Waals surface area contributed by atoms with Crippen LogP contribution in [-0.2, 0) is 16.8 Å². The summed E-state index contributed by atoms with van der Waals surface area (Å²) in [7, 11) is -3.47. The van der Waals surface area contributed by atoms with Gasteiger partial charge in [-0.05, 0) is 18.8 Å². The van der Waals surface area contributed by atoms with Gasteiger partial charge in [0.15, 0.2) is 0 Å². The normalized spacial score (nSPS) is 22.2. The highest BCUT2D eigenvalue weighted by atomic mass is 32.2. The van der Waals surface area contributed by atoms with E-state index in [-0.39, 0.29) is 19.1 Å². The number of aliphatic hydroxyl groups is 1. The fourth-order valence-corrected chi connectivity index (χ4v) is 3.82. The van der Waals surface area contributed by atoms with E-state index in [0.717, 1.165) is 18.5 Å². The lowest BCUT2D eigenvalue weighted by molar-refractivity contribution is 0.164. The quantitative estimate of drug-likeness (QED) is 0.811. The molecular formula is C10H17N3O3S2. The van der Waals surface area contributed by atoms with Crippen molar-refractivity contribution in [2.75, 3.05) is 19.7 Å². The molecule has 0 amide bonds. The third-order valence-electron chi connectivity index (χ3n) is 3.00. The monoisotopic (exact) mass is 291 g/mol. The minimum absolute atomic E-state index is 0.0398. The van der Waals surface area contributed by atoms with E-state index in [1.165, 1.54) is 15.6 Å². The average molecular weight is 291 g/mol. The van der Waals surface area contributed by atoms with Crippen molar-refractivity contribution in [1.29, 1.82) is 0 Å². The summed E-state index contributed by atoms with van der Waals surface area (Å²) in [5, 5.41) is 10.9. The van der Waals surface area contributed by atoms with E-state index in [0.29, 0.717) is 13.1 Å². The Morgan fingerprint density at radius 1 is 1.61 bits per heavy atom. The second kappa shape index (κ2) is 6.07. The Balaban J connectivity index is 1.93. The van der Waals surface area contributed by atoms with Gasteiger partial charge in [-0.15, -0.1) is 11.3 Å². The zero-order chi connectivity index (χ0) is 13.0. The summed E-state index contributed by atoms with van der Waals surface area (Å²) in [5.74, 6) is 0.0506. The molecule has 1 aliphatic heterocycles. The van der Waals surface area contributed by atoms with Crippen molar-refractivity contribution in [3.63, 3.8) is 0 Å². The van der Waals surface area contributed by atoms with Crippen LogP contribution in [0, 0.1) is 5.92 Å². The molecule has 1 aliphatic rings. The predicted octanol–water partition coefficient (Wildman–Crippen LogP) is 0.182. The second-order valence-corrected chi connectivity index (χ2v) is 6.83. The minimum atomic E-state index is -3.47. The number of piperidine rings is 1. The number of aromatic nitrogens is 1. The molecule has 8 heteroatoms. The number of aliphatic hydroxyl groups excluding tert-OH is 1. The van der Waals surface area contributed by atoms with Crippen molar-refractivity contribution in [3.8, 4) is 0 Å². The molecule has 18 heavy (non-hydrogen) atoms. The van der Waals surface area contributed by atoms with Gasteiger partial charge in [0.25, 0.3) is 10.2 Å². The fourth-order valence-electron chi connectivity index (χ4n) is 1.98. The Morgan fingerprint density at radius 3 is 3.11 bits per heavy atom. The lowest BCUT2D eigenvalue weighted by Gasteiger charge is -2.30. The first kappa shape index (κ1) is 13.9. The maximum atomic E-state index is 12.1. The molecule has 0 bridgehead atoms. The Morgan fingerprint density at radius 2 is 2.44 bits per heavy atom.